The SMILES string of the molecule is O=[NH+][O-].[Cu]. The second-order valence-corrected chi connectivity index (χ2v) is 0.0833. The second-order valence-electron chi connectivity index (χ2n) is 0.0833. The van der Waals surface area contributed by atoms with E-state index in [4.69, 9.17) is 10.1 Å². The molecule has 0 heterocycles. The zero-order valence-corrected chi connectivity index (χ0v) is 2.56. The monoisotopic (exact) mass is 110 g/mol. The van der Waals surface area contributed by atoms with Gasteiger partial charge in [0.1, 0.15) is 0 Å². The topological polar surface area (TPSA) is 54.1 Å². The molecule has 1 N–H and O–H groups in total. The fourth-order valence-electron chi connectivity index (χ4n) is 0. The molecule has 0 aliphatic rings. The average Bonchev–Trinajstić information content (AvgIpc) is 0.918. The first kappa shape index (κ1) is 9.07. The Hall–Kier alpha value is -0.0805. The summed E-state index contributed by atoms with van der Waals surface area (Å²) < 4.78 is 0. The zero-order valence-electron chi connectivity index (χ0n) is 1.62. The molecule has 0 bridgehead atoms. The van der Waals surface area contributed by atoms with Crippen LogP contribution in [0.3, 0.4) is 0 Å². The summed E-state index contributed by atoms with van der Waals surface area (Å²) in [5.74, 6) is 0. The van der Waals surface area contributed by atoms with Crippen molar-refractivity contribution in [3.8, 4) is 0 Å². The Kier molecular flexibility index (Phi) is 28.8. The quantitative estimate of drug-likeness (QED) is 0.230. The van der Waals surface area contributed by atoms with Crippen molar-refractivity contribution in [2.24, 2.45) is 0 Å². The van der Waals surface area contributed by atoms with Gasteiger partial charge < -0.3 is 0 Å². The zero-order chi connectivity index (χ0) is 2.71. The number of hydrogen-bond donors (Lipinski definition) is 1. The van der Waals surface area contributed by atoms with Gasteiger partial charge in [0.25, 0.3) is 0 Å². The van der Waals surface area contributed by atoms with Gasteiger partial charge in [-0.15, -0.1) is 0 Å². The van der Waals surface area contributed by atoms with Crippen LogP contribution >= 0.6 is 0 Å². The Balaban J connectivity index is 0. The van der Waals surface area contributed by atoms with Gasteiger partial charge in [0.2, 0.25) is 0 Å². The second kappa shape index (κ2) is 12.7. The molecule has 0 aromatic heterocycles. The van der Waals surface area contributed by atoms with Crippen molar-refractivity contribution < 1.29 is 22.4 Å². The Morgan fingerprint density at radius 3 is 1.75 bits per heavy atom. The summed E-state index contributed by atoms with van der Waals surface area (Å²) in [6.07, 6.45) is 0. The summed E-state index contributed by atoms with van der Waals surface area (Å²) in [7, 11) is 0. The molecule has 0 rings (SSSR count). The maximum atomic E-state index is 8.12. The van der Waals surface area contributed by atoms with Crippen molar-refractivity contribution >= 4 is 0 Å². The molecule has 0 amide bonds. The summed E-state index contributed by atoms with van der Waals surface area (Å²) in [5.41, 5.74) is 0. The van der Waals surface area contributed by atoms with E-state index >= 15 is 0 Å². The van der Waals surface area contributed by atoms with Gasteiger partial charge in [-0.3, -0.25) is 10.1 Å². The molecule has 0 saturated heterocycles. The van der Waals surface area contributed by atoms with Crippen molar-refractivity contribution in [2.45, 2.75) is 0 Å². The first-order valence-electron chi connectivity index (χ1n) is 0.408. The van der Waals surface area contributed by atoms with Crippen LogP contribution in [0.5, 0.6) is 0 Å². The van der Waals surface area contributed by atoms with E-state index < -0.39 is 0 Å². The molecule has 0 fully saturated rings. The normalized spacial score (nSPS) is 3.00. The maximum absolute atomic E-state index is 8.12. The van der Waals surface area contributed by atoms with E-state index in [1.807, 2.05) is 0 Å². The van der Waals surface area contributed by atoms with Crippen LogP contribution in [0.2, 0.25) is 0 Å². The van der Waals surface area contributed by atoms with Gasteiger partial charge in [-0.05, 0) is 0 Å². The average molecular weight is 111 g/mol. The third-order valence-corrected chi connectivity index (χ3v) is 0. The molecule has 0 atom stereocenters. The summed E-state index contributed by atoms with van der Waals surface area (Å²) in [5, 5.41) is 8.38. The summed E-state index contributed by atoms with van der Waals surface area (Å²) >= 11 is 0. The Morgan fingerprint density at radius 1 is 1.75 bits per heavy atom. The number of hydrogen-bond acceptors (Lipinski definition) is 2. The van der Waals surface area contributed by atoms with E-state index in [0.29, 0.717) is 0 Å². The first-order valence-corrected chi connectivity index (χ1v) is 0.408. The van der Waals surface area contributed by atoms with Crippen LogP contribution in [0.15, 0.2) is 0 Å². The van der Waals surface area contributed by atoms with Gasteiger partial charge in [0, 0.05) is 22.4 Å². The smallest absolute Gasteiger partial charge is 0.00366 e. The van der Waals surface area contributed by atoms with Crippen molar-refractivity contribution in [3.63, 3.8) is 0 Å². The molecule has 3 nitrogen and oxygen atoms in total. The van der Waals surface area contributed by atoms with Crippen LogP contribution in [0.25, 0.3) is 0 Å². The van der Waals surface area contributed by atoms with Crippen LogP contribution in [0, 0.1) is 10.1 Å². The van der Waals surface area contributed by atoms with E-state index in [1.165, 1.54) is 0 Å². The predicted octanol–water partition coefficient (Wildman–Crippen LogP) is -1.67. The summed E-state index contributed by atoms with van der Waals surface area (Å²) in [6, 6.07) is 0. The molecular formula is HCuNO2. The molecular weight excluding hydrogens is 110 g/mol. The minimum atomic E-state index is 0. The molecule has 0 aromatic carbocycles. The molecule has 4 heteroatoms. The van der Waals surface area contributed by atoms with Crippen molar-refractivity contribution in [2.75, 3.05) is 0 Å². The van der Waals surface area contributed by atoms with Crippen LogP contribution in [-0.4, -0.2) is 0 Å². The minimum absolute atomic E-state index is 0. The molecule has 0 aliphatic carbocycles. The van der Waals surface area contributed by atoms with Crippen LogP contribution in [0.4, 0.5) is 0 Å². The van der Waals surface area contributed by atoms with Gasteiger partial charge in [0.15, 0.2) is 0 Å². The third kappa shape index (κ3) is 250. The van der Waals surface area contributed by atoms with Crippen molar-refractivity contribution in [1.29, 1.82) is 0 Å². The molecule has 0 spiro atoms. The largest absolute Gasteiger partial charge is 0.267 e. The molecule has 1 radical (unpaired) electrons. The maximum Gasteiger partial charge on any atom is 0.00366 e. The molecule has 4 heavy (non-hydrogen) atoms. The first-order chi connectivity index (χ1) is 1.41. The molecule has 29 valence electrons. The van der Waals surface area contributed by atoms with Gasteiger partial charge in [-0.1, -0.05) is 0 Å². The van der Waals surface area contributed by atoms with E-state index in [9.17, 15) is 0 Å². The summed E-state index contributed by atoms with van der Waals surface area (Å²) in [4.78, 5) is 8.12. The standard InChI is InChI=1S/Cu.HNO2/c;2-1-3/h;1H. The van der Waals surface area contributed by atoms with E-state index in [0.717, 1.165) is 0 Å². The fourth-order valence-corrected chi connectivity index (χ4v) is 0. The number of nitrogens with one attached hydrogen (secondary N) is 1. The fraction of sp³-hybridized carbons (Fsp3) is 0. The van der Waals surface area contributed by atoms with Gasteiger partial charge >= 0.3 is 0 Å². The Bertz CT molecular complexity index is 13.5. The van der Waals surface area contributed by atoms with Crippen LogP contribution < -0.4 is 5.34 Å². The predicted molar refractivity (Wildman–Crippen MR) is 7.70 cm³/mol. The Morgan fingerprint density at radius 2 is 1.75 bits per heavy atom. The van der Waals surface area contributed by atoms with Crippen LogP contribution in [0.1, 0.15) is 0 Å². The van der Waals surface area contributed by atoms with Gasteiger partial charge in [0.05, 0.1) is 0 Å². The third-order valence-electron chi connectivity index (χ3n) is 0. The minimum Gasteiger partial charge on any atom is -0.267 e. The van der Waals surface area contributed by atoms with E-state index in [1.54, 1.807) is 0 Å². The van der Waals surface area contributed by atoms with E-state index in [-0.39, 0.29) is 22.4 Å². The number of rotatable bonds is 0. The Labute approximate surface area is 33.4 Å². The van der Waals surface area contributed by atoms with Crippen molar-refractivity contribution in [1.82, 2.24) is 0 Å². The van der Waals surface area contributed by atoms with Gasteiger partial charge in [-0.2, -0.15) is 0 Å². The molecule has 0 aliphatic heterocycles. The molecule has 0 aromatic rings. The molecule has 0 saturated carbocycles. The van der Waals surface area contributed by atoms with E-state index in [2.05, 4.69) is 0 Å². The van der Waals surface area contributed by atoms with Crippen molar-refractivity contribution in [3.05, 3.63) is 10.1 Å². The molecule has 0 unspecified atom stereocenters. The van der Waals surface area contributed by atoms with Gasteiger partial charge in [-0.25, -0.2) is 0 Å². The summed E-state index contributed by atoms with van der Waals surface area (Å²) in [6.45, 7) is 0. The van der Waals surface area contributed by atoms with Crippen LogP contribution in [-0.2, 0) is 17.1 Å².